The van der Waals surface area contributed by atoms with Crippen molar-refractivity contribution in [1.82, 2.24) is 4.90 Å². The Morgan fingerprint density at radius 2 is 2.46 bits per heavy atom. The molecule has 0 bridgehead atoms. The number of hydrogen-bond donors (Lipinski definition) is 0. The molecule has 0 spiro atoms. The lowest BCUT2D eigenvalue weighted by Crippen LogP contribution is -2.42. The van der Waals surface area contributed by atoms with Crippen LogP contribution in [-0.2, 0) is 4.74 Å². The van der Waals surface area contributed by atoms with Crippen molar-refractivity contribution in [2.45, 2.75) is 31.7 Å². The molecule has 0 N–H and O–H groups in total. The van der Waals surface area contributed by atoms with Crippen molar-refractivity contribution >= 4 is 0 Å². The maximum Gasteiger partial charge on any atom is 0.0649 e. The highest BCUT2D eigenvalue weighted by Crippen LogP contribution is 2.41. The molecule has 2 nitrogen and oxygen atoms in total. The molecule has 74 valence electrons. The van der Waals surface area contributed by atoms with Crippen LogP contribution in [0.25, 0.3) is 0 Å². The van der Waals surface area contributed by atoms with Crippen molar-refractivity contribution in [1.29, 1.82) is 0 Å². The van der Waals surface area contributed by atoms with E-state index < -0.39 is 0 Å². The predicted octanol–water partition coefficient (Wildman–Crippen LogP) is 1.82. The minimum absolute atomic E-state index is 0.372. The molecule has 2 heterocycles. The highest BCUT2D eigenvalue weighted by Gasteiger charge is 2.45. The quantitative estimate of drug-likeness (QED) is 0.602. The predicted molar refractivity (Wildman–Crippen MR) is 53.8 cm³/mol. The molecular weight excluding hydrogens is 162 g/mol. The lowest BCUT2D eigenvalue weighted by molar-refractivity contribution is 0.0656. The van der Waals surface area contributed by atoms with Gasteiger partial charge >= 0.3 is 0 Å². The summed E-state index contributed by atoms with van der Waals surface area (Å²) in [5.74, 6) is 0. The Kier molecular flexibility index (Phi) is 2.43. The van der Waals surface area contributed by atoms with E-state index >= 15 is 0 Å². The number of fused-ring (bicyclic) bond motifs is 1. The highest BCUT2D eigenvalue weighted by molar-refractivity contribution is 5.19. The summed E-state index contributed by atoms with van der Waals surface area (Å²) in [5, 5.41) is 0. The fourth-order valence-electron chi connectivity index (χ4n) is 2.84. The van der Waals surface area contributed by atoms with Gasteiger partial charge in [-0.05, 0) is 32.7 Å². The molecule has 0 aromatic rings. The summed E-state index contributed by atoms with van der Waals surface area (Å²) < 4.78 is 5.35. The second kappa shape index (κ2) is 3.43. The van der Waals surface area contributed by atoms with E-state index in [0.717, 1.165) is 6.61 Å². The molecular formula is C11H19NO. The van der Waals surface area contributed by atoms with Crippen LogP contribution in [0.15, 0.2) is 11.6 Å². The van der Waals surface area contributed by atoms with Crippen LogP contribution in [0.1, 0.15) is 26.2 Å². The summed E-state index contributed by atoms with van der Waals surface area (Å²) >= 11 is 0. The van der Waals surface area contributed by atoms with Gasteiger partial charge in [-0.25, -0.2) is 0 Å². The molecule has 0 amide bonds. The van der Waals surface area contributed by atoms with Gasteiger partial charge in [0, 0.05) is 19.2 Å². The van der Waals surface area contributed by atoms with Crippen LogP contribution in [0.3, 0.4) is 0 Å². The zero-order valence-electron chi connectivity index (χ0n) is 8.68. The van der Waals surface area contributed by atoms with E-state index in [2.05, 4.69) is 17.9 Å². The minimum atomic E-state index is 0.372. The second-order valence-corrected chi connectivity index (χ2v) is 4.31. The topological polar surface area (TPSA) is 12.5 Å². The van der Waals surface area contributed by atoms with E-state index in [1.54, 1.807) is 5.57 Å². The van der Waals surface area contributed by atoms with E-state index in [4.69, 9.17) is 4.74 Å². The zero-order chi connectivity index (χ0) is 9.31. The Bertz CT molecular complexity index is 224. The van der Waals surface area contributed by atoms with Crippen LogP contribution < -0.4 is 0 Å². The zero-order valence-corrected chi connectivity index (χ0v) is 8.68. The number of hydrogen-bond acceptors (Lipinski definition) is 2. The van der Waals surface area contributed by atoms with Crippen LogP contribution in [-0.4, -0.2) is 37.2 Å². The van der Waals surface area contributed by atoms with Crippen LogP contribution in [0, 0.1) is 0 Å². The Morgan fingerprint density at radius 3 is 3.15 bits per heavy atom. The van der Waals surface area contributed by atoms with Gasteiger partial charge in [-0.2, -0.15) is 0 Å². The molecule has 1 unspecified atom stereocenters. The van der Waals surface area contributed by atoms with Crippen LogP contribution in [0.4, 0.5) is 0 Å². The monoisotopic (exact) mass is 181 g/mol. The van der Waals surface area contributed by atoms with Gasteiger partial charge in [0.2, 0.25) is 0 Å². The summed E-state index contributed by atoms with van der Waals surface area (Å²) in [5.41, 5.74) is 1.97. The average Bonchev–Trinajstić information content (AvgIpc) is 2.60. The van der Waals surface area contributed by atoms with Crippen molar-refractivity contribution in [2.75, 3.05) is 26.8 Å². The Hall–Kier alpha value is -0.340. The first kappa shape index (κ1) is 9.22. The van der Waals surface area contributed by atoms with Crippen LogP contribution in [0.2, 0.25) is 0 Å². The van der Waals surface area contributed by atoms with Gasteiger partial charge in [0.25, 0.3) is 0 Å². The number of nitrogens with zero attached hydrogens (tertiary/aromatic N) is 1. The maximum atomic E-state index is 5.35. The Labute approximate surface area is 80.6 Å². The number of allylic oxidation sites excluding steroid dienone is 1. The largest absolute Gasteiger partial charge is 0.383 e. The SMILES string of the molecule is C/C=C1\CN2CCCC2(COC)C1. The molecule has 0 aromatic heterocycles. The van der Waals surface area contributed by atoms with E-state index in [1.165, 1.54) is 32.4 Å². The molecule has 1 atom stereocenters. The van der Waals surface area contributed by atoms with Gasteiger partial charge in [0.15, 0.2) is 0 Å². The Balaban J connectivity index is 2.14. The van der Waals surface area contributed by atoms with Crippen LogP contribution >= 0.6 is 0 Å². The summed E-state index contributed by atoms with van der Waals surface area (Å²) in [4.78, 5) is 2.60. The fourth-order valence-corrected chi connectivity index (χ4v) is 2.84. The van der Waals surface area contributed by atoms with E-state index in [-0.39, 0.29) is 0 Å². The molecule has 2 aliphatic rings. The summed E-state index contributed by atoms with van der Waals surface area (Å²) in [6, 6.07) is 0. The second-order valence-electron chi connectivity index (χ2n) is 4.31. The number of ether oxygens (including phenoxy) is 1. The fraction of sp³-hybridized carbons (Fsp3) is 0.818. The molecule has 2 aliphatic heterocycles. The van der Waals surface area contributed by atoms with E-state index in [0.29, 0.717) is 5.54 Å². The average molecular weight is 181 g/mol. The van der Waals surface area contributed by atoms with E-state index in [9.17, 15) is 0 Å². The van der Waals surface area contributed by atoms with Gasteiger partial charge in [-0.15, -0.1) is 0 Å². The van der Waals surface area contributed by atoms with Crippen molar-refractivity contribution in [3.63, 3.8) is 0 Å². The molecule has 0 radical (unpaired) electrons. The van der Waals surface area contributed by atoms with E-state index in [1.807, 2.05) is 7.11 Å². The maximum absolute atomic E-state index is 5.35. The van der Waals surface area contributed by atoms with Gasteiger partial charge in [0.1, 0.15) is 0 Å². The van der Waals surface area contributed by atoms with Crippen molar-refractivity contribution in [3.8, 4) is 0 Å². The third-order valence-corrected chi connectivity index (χ3v) is 3.51. The first-order chi connectivity index (χ1) is 6.30. The van der Waals surface area contributed by atoms with Crippen molar-refractivity contribution in [2.24, 2.45) is 0 Å². The van der Waals surface area contributed by atoms with Crippen molar-refractivity contribution in [3.05, 3.63) is 11.6 Å². The van der Waals surface area contributed by atoms with Gasteiger partial charge < -0.3 is 4.74 Å². The molecule has 2 fully saturated rings. The molecule has 0 aromatic carbocycles. The molecule has 13 heavy (non-hydrogen) atoms. The first-order valence-corrected chi connectivity index (χ1v) is 5.19. The lowest BCUT2D eigenvalue weighted by atomic mass is 9.93. The smallest absolute Gasteiger partial charge is 0.0649 e. The highest BCUT2D eigenvalue weighted by atomic mass is 16.5. The third-order valence-electron chi connectivity index (χ3n) is 3.51. The third kappa shape index (κ3) is 1.42. The Morgan fingerprint density at radius 1 is 1.62 bits per heavy atom. The summed E-state index contributed by atoms with van der Waals surface area (Å²) in [6.45, 7) is 5.50. The molecule has 0 aliphatic carbocycles. The molecule has 2 rings (SSSR count). The summed E-state index contributed by atoms with van der Waals surface area (Å²) in [7, 11) is 1.82. The minimum Gasteiger partial charge on any atom is -0.383 e. The molecule has 2 saturated heterocycles. The van der Waals surface area contributed by atoms with Gasteiger partial charge in [0.05, 0.1) is 6.61 Å². The molecule has 0 saturated carbocycles. The first-order valence-electron chi connectivity index (χ1n) is 5.19. The van der Waals surface area contributed by atoms with Gasteiger partial charge in [-0.1, -0.05) is 11.6 Å². The van der Waals surface area contributed by atoms with Crippen LogP contribution in [0.5, 0.6) is 0 Å². The number of methoxy groups -OCH3 is 1. The standard InChI is InChI=1S/C11H19NO/c1-3-10-7-11(9-13-2)5-4-6-12(11)8-10/h3H,4-9H2,1-2H3/b10-3-. The molecule has 2 heteroatoms. The summed E-state index contributed by atoms with van der Waals surface area (Å²) in [6.07, 6.45) is 6.17. The normalized spacial score (nSPS) is 37.2. The lowest BCUT2D eigenvalue weighted by Gasteiger charge is -2.30. The number of rotatable bonds is 2. The van der Waals surface area contributed by atoms with Crippen molar-refractivity contribution < 1.29 is 4.74 Å². The van der Waals surface area contributed by atoms with Gasteiger partial charge in [-0.3, -0.25) is 4.90 Å².